The van der Waals surface area contributed by atoms with Crippen molar-refractivity contribution in [3.05, 3.63) is 15.9 Å². The van der Waals surface area contributed by atoms with Gasteiger partial charge in [-0.25, -0.2) is 0 Å². The Morgan fingerprint density at radius 3 is 2.19 bits per heavy atom. The molecule has 1 aromatic rings. The molecule has 1 aromatic heterocycles. The molecule has 0 saturated carbocycles. The minimum Gasteiger partial charge on any atom is -0.296 e. The van der Waals surface area contributed by atoms with Crippen LogP contribution in [0, 0.1) is 0 Å². The number of piperazine rings is 1. The van der Waals surface area contributed by atoms with E-state index in [1.165, 1.54) is 15.9 Å². The smallest absolute Gasteiger partial charge is 0.0767 e. The van der Waals surface area contributed by atoms with Crippen molar-refractivity contribution in [2.45, 2.75) is 59.7 Å². The maximum absolute atomic E-state index is 4.70. The van der Waals surface area contributed by atoms with E-state index < -0.39 is 0 Å². The number of halogens is 1. The van der Waals surface area contributed by atoms with Gasteiger partial charge >= 0.3 is 0 Å². The van der Waals surface area contributed by atoms with Gasteiger partial charge in [0.15, 0.2) is 0 Å². The summed E-state index contributed by atoms with van der Waals surface area (Å²) in [5, 5.41) is 4.70. The summed E-state index contributed by atoms with van der Waals surface area (Å²) in [6.07, 6.45) is 0.985. The van der Waals surface area contributed by atoms with Crippen LogP contribution < -0.4 is 0 Å². The summed E-state index contributed by atoms with van der Waals surface area (Å²) in [4.78, 5) is 5.13. The first-order valence-corrected chi connectivity index (χ1v) is 8.87. The average molecular weight is 357 g/mol. The van der Waals surface area contributed by atoms with Crippen LogP contribution in [0.3, 0.4) is 0 Å². The van der Waals surface area contributed by atoms with Gasteiger partial charge in [0.1, 0.15) is 0 Å². The van der Waals surface area contributed by atoms with E-state index in [2.05, 4.69) is 65.0 Å². The monoisotopic (exact) mass is 356 g/mol. The Hall–Kier alpha value is -0.390. The van der Waals surface area contributed by atoms with Crippen molar-refractivity contribution in [2.75, 3.05) is 26.2 Å². The fraction of sp³-hybridized carbons (Fsp3) is 0.812. The number of hydrogen-bond acceptors (Lipinski definition) is 3. The lowest BCUT2D eigenvalue weighted by Gasteiger charge is -2.42. The first kappa shape index (κ1) is 17.0. The zero-order chi connectivity index (χ0) is 15.6. The van der Waals surface area contributed by atoms with Gasteiger partial charge in [0.2, 0.25) is 0 Å². The first-order valence-electron chi connectivity index (χ1n) is 8.08. The van der Waals surface area contributed by atoms with Gasteiger partial charge in [-0.1, -0.05) is 6.92 Å². The fourth-order valence-electron chi connectivity index (χ4n) is 2.96. The van der Waals surface area contributed by atoms with Crippen LogP contribution in [0.2, 0.25) is 0 Å². The Balaban J connectivity index is 2.02. The lowest BCUT2D eigenvalue weighted by molar-refractivity contribution is 0.0579. The molecule has 0 bridgehead atoms. The standard InChI is InChI=1S/C16H29BrN4/c1-6-13-15(17)14(21(7-2)18-13)12-19-8-10-20(11-9-19)16(3,4)5/h6-12H2,1-5H3. The van der Waals surface area contributed by atoms with E-state index in [1.807, 2.05) is 0 Å². The predicted molar refractivity (Wildman–Crippen MR) is 91.6 cm³/mol. The lowest BCUT2D eigenvalue weighted by atomic mass is 10.0. The molecule has 0 aromatic carbocycles. The fourth-order valence-corrected chi connectivity index (χ4v) is 3.65. The second kappa shape index (κ2) is 6.80. The molecule has 2 rings (SSSR count). The number of rotatable bonds is 4. The lowest BCUT2D eigenvalue weighted by Crippen LogP contribution is -2.53. The summed E-state index contributed by atoms with van der Waals surface area (Å²) in [5.74, 6) is 0. The van der Waals surface area contributed by atoms with Crippen molar-refractivity contribution in [1.29, 1.82) is 0 Å². The van der Waals surface area contributed by atoms with E-state index in [9.17, 15) is 0 Å². The van der Waals surface area contributed by atoms with Crippen LogP contribution >= 0.6 is 15.9 Å². The van der Waals surface area contributed by atoms with Crippen molar-refractivity contribution >= 4 is 15.9 Å². The molecule has 0 N–H and O–H groups in total. The third-order valence-corrected chi connectivity index (χ3v) is 5.30. The number of aromatic nitrogens is 2. The molecule has 0 atom stereocenters. The molecule has 4 nitrogen and oxygen atoms in total. The number of aryl methyl sites for hydroxylation is 2. The van der Waals surface area contributed by atoms with E-state index in [0.717, 1.165) is 45.7 Å². The molecular formula is C16H29BrN4. The maximum atomic E-state index is 4.70. The Labute approximate surface area is 137 Å². The van der Waals surface area contributed by atoms with Gasteiger partial charge < -0.3 is 0 Å². The van der Waals surface area contributed by atoms with Crippen molar-refractivity contribution in [3.8, 4) is 0 Å². The summed E-state index contributed by atoms with van der Waals surface area (Å²) < 4.78 is 3.36. The number of nitrogens with zero attached hydrogens (tertiary/aromatic N) is 4. The van der Waals surface area contributed by atoms with Crippen LogP contribution in [0.5, 0.6) is 0 Å². The van der Waals surface area contributed by atoms with Crippen molar-refractivity contribution < 1.29 is 0 Å². The Morgan fingerprint density at radius 1 is 1.10 bits per heavy atom. The summed E-state index contributed by atoms with van der Waals surface area (Å²) in [7, 11) is 0. The highest BCUT2D eigenvalue weighted by atomic mass is 79.9. The number of hydrogen-bond donors (Lipinski definition) is 0. The quantitative estimate of drug-likeness (QED) is 0.828. The van der Waals surface area contributed by atoms with Gasteiger partial charge in [-0.05, 0) is 50.0 Å². The zero-order valence-electron chi connectivity index (χ0n) is 14.1. The molecule has 1 saturated heterocycles. The largest absolute Gasteiger partial charge is 0.296 e. The minimum atomic E-state index is 0.285. The molecule has 5 heteroatoms. The van der Waals surface area contributed by atoms with Crippen LogP contribution in [0.1, 0.15) is 46.0 Å². The third kappa shape index (κ3) is 3.88. The zero-order valence-corrected chi connectivity index (χ0v) is 15.7. The highest BCUT2D eigenvalue weighted by molar-refractivity contribution is 9.10. The summed E-state index contributed by atoms with van der Waals surface area (Å²) in [5.41, 5.74) is 2.80. The van der Waals surface area contributed by atoms with E-state index in [4.69, 9.17) is 5.10 Å². The highest BCUT2D eigenvalue weighted by Crippen LogP contribution is 2.25. The Kier molecular flexibility index (Phi) is 5.49. The van der Waals surface area contributed by atoms with Gasteiger partial charge in [-0.15, -0.1) is 0 Å². The van der Waals surface area contributed by atoms with Crippen LogP contribution in [0.4, 0.5) is 0 Å². The van der Waals surface area contributed by atoms with Gasteiger partial charge in [0.05, 0.1) is 15.9 Å². The normalized spacial score (nSPS) is 18.4. The maximum Gasteiger partial charge on any atom is 0.0767 e. The molecule has 1 aliphatic heterocycles. The molecule has 21 heavy (non-hydrogen) atoms. The van der Waals surface area contributed by atoms with Gasteiger partial charge in [-0.2, -0.15) is 5.10 Å². The van der Waals surface area contributed by atoms with Gasteiger partial charge in [-0.3, -0.25) is 14.5 Å². The summed E-state index contributed by atoms with van der Waals surface area (Å²) >= 11 is 3.75. The van der Waals surface area contributed by atoms with Crippen LogP contribution in [0.25, 0.3) is 0 Å². The van der Waals surface area contributed by atoms with Crippen LogP contribution in [0.15, 0.2) is 4.47 Å². The Morgan fingerprint density at radius 2 is 1.71 bits per heavy atom. The first-order chi connectivity index (χ1) is 9.86. The summed E-state index contributed by atoms with van der Waals surface area (Å²) in [6, 6.07) is 0. The molecule has 0 unspecified atom stereocenters. The second-order valence-electron chi connectivity index (χ2n) is 6.81. The molecule has 0 radical (unpaired) electrons. The molecule has 2 heterocycles. The van der Waals surface area contributed by atoms with E-state index in [0.29, 0.717) is 0 Å². The van der Waals surface area contributed by atoms with Crippen molar-refractivity contribution in [2.24, 2.45) is 0 Å². The molecule has 120 valence electrons. The van der Waals surface area contributed by atoms with Gasteiger partial charge in [0.25, 0.3) is 0 Å². The minimum absolute atomic E-state index is 0.285. The second-order valence-corrected chi connectivity index (χ2v) is 7.60. The Bertz CT molecular complexity index is 467. The van der Waals surface area contributed by atoms with E-state index >= 15 is 0 Å². The molecule has 0 spiro atoms. The van der Waals surface area contributed by atoms with E-state index in [1.54, 1.807) is 0 Å². The van der Waals surface area contributed by atoms with Crippen molar-refractivity contribution in [3.63, 3.8) is 0 Å². The molecule has 0 amide bonds. The van der Waals surface area contributed by atoms with Crippen molar-refractivity contribution in [1.82, 2.24) is 19.6 Å². The van der Waals surface area contributed by atoms with E-state index in [-0.39, 0.29) is 5.54 Å². The molecular weight excluding hydrogens is 328 g/mol. The average Bonchev–Trinajstić information content (AvgIpc) is 2.75. The SMILES string of the molecule is CCc1nn(CC)c(CN2CCN(C(C)(C)C)CC2)c1Br. The molecule has 0 aliphatic carbocycles. The summed E-state index contributed by atoms with van der Waals surface area (Å²) in [6.45, 7) is 17.8. The van der Waals surface area contributed by atoms with Gasteiger partial charge in [0, 0.05) is 44.8 Å². The molecule has 1 fully saturated rings. The topological polar surface area (TPSA) is 24.3 Å². The third-order valence-electron chi connectivity index (χ3n) is 4.39. The highest BCUT2D eigenvalue weighted by Gasteiger charge is 2.26. The van der Waals surface area contributed by atoms with Crippen LogP contribution in [-0.2, 0) is 19.5 Å². The van der Waals surface area contributed by atoms with Crippen LogP contribution in [-0.4, -0.2) is 51.3 Å². The molecule has 1 aliphatic rings. The predicted octanol–water partition coefficient (Wildman–Crippen LogP) is 3.14.